The Balaban J connectivity index is 1.77. The average Bonchev–Trinajstić information content (AvgIpc) is 2.79. The second-order valence-electron chi connectivity index (χ2n) is 8.79. The van der Waals surface area contributed by atoms with E-state index in [-0.39, 0.29) is 12.2 Å². The molecule has 1 saturated carbocycles. The van der Waals surface area contributed by atoms with Gasteiger partial charge in [-0.05, 0) is 48.9 Å². The summed E-state index contributed by atoms with van der Waals surface area (Å²) in [7, 11) is 0. The van der Waals surface area contributed by atoms with Crippen LogP contribution in [-0.4, -0.2) is 33.4 Å². The first-order valence-corrected chi connectivity index (χ1v) is 11.0. The summed E-state index contributed by atoms with van der Waals surface area (Å²) in [4.78, 5) is 40.1. The van der Waals surface area contributed by atoms with Crippen LogP contribution in [-0.2, 0) is 14.4 Å². The first-order valence-electron chi connectivity index (χ1n) is 11.0. The fourth-order valence-corrected chi connectivity index (χ4v) is 4.71. The second kappa shape index (κ2) is 9.49. The Bertz CT molecular complexity index is 1190. The Labute approximate surface area is 197 Å². The smallest absolute Gasteiger partial charge is 0.235 e. The summed E-state index contributed by atoms with van der Waals surface area (Å²) >= 11 is 0. The molecule has 0 bridgehead atoms. The van der Waals surface area contributed by atoms with E-state index >= 15 is 0 Å². The van der Waals surface area contributed by atoms with Gasteiger partial charge in [0.25, 0.3) is 0 Å². The third-order valence-corrected chi connectivity index (χ3v) is 6.17. The maximum absolute atomic E-state index is 13.5. The van der Waals surface area contributed by atoms with E-state index in [4.69, 9.17) is 0 Å². The van der Waals surface area contributed by atoms with E-state index in [1.54, 1.807) is 66.7 Å². The molecule has 0 heterocycles. The average molecular weight is 459 g/mol. The summed E-state index contributed by atoms with van der Waals surface area (Å²) < 4.78 is 0. The number of para-hydroxylation sites is 2. The number of aliphatic hydroxyl groups is 1. The number of aromatic hydroxyl groups is 1. The van der Waals surface area contributed by atoms with Crippen molar-refractivity contribution in [3.63, 3.8) is 0 Å². The number of carbonyl (C=O) groups excluding carboxylic acids is 3. The Morgan fingerprint density at radius 3 is 1.97 bits per heavy atom. The highest BCUT2D eigenvalue weighted by atomic mass is 16.3. The number of rotatable bonds is 5. The molecule has 2 amide bonds. The highest BCUT2D eigenvalue weighted by Crippen LogP contribution is 2.47. The lowest BCUT2D eigenvalue weighted by atomic mass is 9.61. The molecular weight excluding hydrogens is 432 g/mol. The molecule has 0 spiro atoms. The fraction of sp³-hybridized carbons (Fsp3) is 0.222. The number of anilines is 2. The third kappa shape index (κ3) is 4.84. The number of nitrogens with one attached hydrogen (secondary N) is 2. The normalized spacial score (nSPS) is 24.3. The van der Waals surface area contributed by atoms with Crippen molar-refractivity contribution in [3.8, 4) is 5.75 Å². The number of benzene rings is 3. The van der Waals surface area contributed by atoms with Crippen LogP contribution in [0.3, 0.4) is 0 Å². The molecule has 3 aromatic rings. The van der Waals surface area contributed by atoms with E-state index in [0.29, 0.717) is 16.9 Å². The minimum atomic E-state index is -1.71. The maximum Gasteiger partial charge on any atom is 0.235 e. The van der Waals surface area contributed by atoms with Crippen molar-refractivity contribution in [2.75, 3.05) is 10.6 Å². The van der Waals surface area contributed by atoms with Crippen LogP contribution in [0.1, 0.15) is 24.8 Å². The van der Waals surface area contributed by atoms with E-state index in [1.807, 2.05) is 6.07 Å². The Morgan fingerprint density at radius 1 is 0.853 bits per heavy atom. The molecule has 4 unspecified atom stereocenters. The molecule has 174 valence electrons. The molecule has 1 fully saturated rings. The number of hydrogen-bond donors (Lipinski definition) is 4. The van der Waals surface area contributed by atoms with Crippen molar-refractivity contribution >= 4 is 29.0 Å². The van der Waals surface area contributed by atoms with Crippen LogP contribution < -0.4 is 10.6 Å². The van der Waals surface area contributed by atoms with Gasteiger partial charge in [0.1, 0.15) is 17.5 Å². The van der Waals surface area contributed by atoms with Gasteiger partial charge in [0.2, 0.25) is 11.8 Å². The van der Waals surface area contributed by atoms with Crippen LogP contribution in [0.25, 0.3) is 0 Å². The van der Waals surface area contributed by atoms with Crippen LogP contribution >= 0.6 is 0 Å². The van der Waals surface area contributed by atoms with Crippen molar-refractivity contribution in [1.82, 2.24) is 0 Å². The summed E-state index contributed by atoms with van der Waals surface area (Å²) in [5, 5.41) is 26.9. The zero-order chi connectivity index (χ0) is 24.3. The number of phenolic OH excluding ortho intramolecular Hbond substituents is 1. The number of ketones is 1. The Hall–Kier alpha value is -3.97. The molecule has 7 heteroatoms. The molecule has 0 aromatic heterocycles. The number of Topliss-reactive ketones (excluding diaryl/α,β-unsaturated/α-hetero) is 1. The van der Waals surface area contributed by atoms with Crippen LogP contribution in [0.4, 0.5) is 11.4 Å². The van der Waals surface area contributed by atoms with Crippen molar-refractivity contribution in [2.45, 2.75) is 24.9 Å². The highest BCUT2D eigenvalue weighted by Gasteiger charge is 2.55. The largest absolute Gasteiger partial charge is 0.508 e. The van der Waals surface area contributed by atoms with E-state index < -0.39 is 41.0 Å². The zero-order valence-electron chi connectivity index (χ0n) is 18.6. The van der Waals surface area contributed by atoms with Crippen LogP contribution in [0.15, 0.2) is 84.9 Å². The number of hydrogen-bond acceptors (Lipinski definition) is 5. The lowest BCUT2D eigenvalue weighted by molar-refractivity contribution is -0.150. The molecule has 1 aliphatic rings. The molecule has 0 aliphatic heterocycles. The van der Waals surface area contributed by atoms with Crippen molar-refractivity contribution in [1.29, 1.82) is 0 Å². The molecule has 0 saturated heterocycles. The first-order chi connectivity index (χ1) is 16.3. The monoisotopic (exact) mass is 458 g/mol. The summed E-state index contributed by atoms with van der Waals surface area (Å²) in [6, 6.07) is 23.6. The third-order valence-electron chi connectivity index (χ3n) is 6.17. The lowest BCUT2D eigenvalue weighted by Gasteiger charge is -2.44. The molecule has 34 heavy (non-hydrogen) atoms. The Morgan fingerprint density at radius 2 is 1.41 bits per heavy atom. The van der Waals surface area contributed by atoms with Gasteiger partial charge in [-0.25, -0.2) is 0 Å². The van der Waals surface area contributed by atoms with Gasteiger partial charge in [0, 0.05) is 23.7 Å². The predicted octanol–water partition coefficient (Wildman–Crippen LogP) is 3.71. The topological polar surface area (TPSA) is 116 Å². The van der Waals surface area contributed by atoms with Gasteiger partial charge >= 0.3 is 0 Å². The van der Waals surface area contributed by atoms with Gasteiger partial charge in [-0.1, -0.05) is 48.5 Å². The van der Waals surface area contributed by atoms with E-state index in [1.165, 1.54) is 19.1 Å². The van der Waals surface area contributed by atoms with Gasteiger partial charge in [0.05, 0.1) is 11.5 Å². The molecule has 4 rings (SSSR count). The molecular formula is C27H26N2O5. The van der Waals surface area contributed by atoms with Crippen molar-refractivity contribution in [2.24, 2.45) is 11.8 Å². The number of phenols is 1. The van der Waals surface area contributed by atoms with E-state index in [9.17, 15) is 24.6 Å². The zero-order valence-corrected chi connectivity index (χ0v) is 18.6. The lowest BCUT2D eigenvalue weighted by Crippen LogP contribution is -2.56. The van der Waals surface area contributed by atoms with E-state index in [2.05, 4.69) is 10.6 Å². The van der Waals surface area contributed by atoms with E-state index in [0.717, 1.165) is 0 Å². The van der Waals surface area contributed by atoms with Crippen LogP contribution in [0, 0.1) is 11.8 Å². The van der Waals surface area contributed by atoms with Crippen LogP contribution in [0.2, 0.25) is 0 Å². The summed E-state index contributed by atoms with van der Waals surface area (Å²) in [6.07, 6.45) is -0.359. The minimum absolute atomic E-state index is 0.0698. The van der Waals surface area contributed by atoms with Gasteiger partial charge in [0.15, 0.2) is 0 Å². The van der Waals surface area contributed by atoms with Crippen LogP contribution in [0.5, 0.6) is 5.75 Å². The SMILES string of the molecule is CC1(O)CC(=O)C(C(=O)Nc2ccccc2)C(c2cccc(O)c2)C1C(=O)Nc1ccccc1. The van der Waals surface area contributed by atoms with Gasteiger partial charge < -0.3 is 20.8 Å². The van der Waals surface area contributed by atoms with Gasteiger partial charge in [-0.15, -0.1) is 0 Å². The predicted molar refractivity (Wildman–Crippen MR) is 128 cm³/mol. The molecule has 4 atom stereocenters. The standard InChI is InChI=1S/C27H26N2O5/c1-27(34)16-21(31)23(25(32)28-18-10-4-2-5-11-18)22(17-9-8-14-20(30)15-17)24(27)26(33)29-19-12-6-3-7-13-19/h2-15,22-24,30,34H,16H2,1H3,(H,28,32)(H,29,33). The van der Waals surface area contributed by atoms with Crippen molar-refractivity contribution < 1.29 is 24.6 Å². The van der Waals surface area contributed by atoms with Gasteiger partial charge in [-0.3, -0.25) is 14.4 Å². The van der Waals surface area contributed by atoms with Crippen molar-refractivity contribution in [3.05, 3.63) is 90.5 Å². The maximum atomic E-state index is 13.5. The summed E-state index contributed by atoms with van der Waals surface area (Å²) in [5.41, 5.74) is -0.261. The highest BCUT2D eigenvalue weighted by molar-refractivity contribution is 6.10. The fourth-order valence-electron chi connectivity index (χ4n) is 4.71. The minimum Gasteiger partial charge on any atom is -0.508 e. The van der Waals surface area contributed by atoms with Gasteiger partial charge in [-0.2, -0.15) is 0 Å². The number of amides is 2. The first kappa shape index (κ1) is 23.2. The quantitative estimate of drug-likeness (QED) is 0.435. The molecule has 0 radical (unpaired) electrons. The molecule has 7 nitrogen and oxygen atoms in total. The molecule has 4 N–H and O–H groups in total. The second-order valence-corrected chi connectivity index (χ2v) is 8.79. The summed E-state index contributed by atoms with van der Waals surface area (Å²) in [6.45, 7) is 1.43. The molecule has 3 aromatic carbocycles. The summed E-state index contributed by atoms with van der Waals surface area (Å²) in [5.74, 6) is -5.02. The number of carbonyl (C=O) groups is 3. The Kier molecular flexibility index (Phi) is 6.47. The molecule has 1 aliphatic carbocycles.